The molecule has 21 heavy (non-hydrogen) atoms. The monoisotopic (exact) mass is 322 g/mol. The average molecular weight is 323 g/mol. The number of nitrogens with zero attached hydrogens (tertiary/aromatic N) is 2. The summed E-state index contributed by atoms with van der Waals surface area (Å²) in [4.78, 5) is 4.05. The first-order chi connectivity index (χ1) is 10.1. The van der Waals surface area contributed by atoms with Crippen molar-refractivity contribution in [2.24, 2.45) is 0 Å². The zero-order chi connectivity index (χ0) is 14.9. The molecule has 0 saturated heterocycles. The van der Waals surface area contributed by atoms with Crippen molar-refractivity contribution < 1.29 is 8.42 Å². The molecule has 1 aliphatic heterocycles. The lowest BCUT2D eigenvalue weighted by atomic mass is 10.1. The normalized spacial score (nSPS) is 15.4. The van der Waals surface area contributed by atoms with Gasteiger partial charge < -0.3 is 0 Å². The van der Waals surface area contributed by atoms with Crippen molar-refractivity contribution in [3.63, 3.8) is 0 Å². The minimum Gasteiger partial charge on any atom is -0.266 e. The maximum absolute atomic E-state index is 12.9. The summed E-state index contributed by atoms with van der Waals surface area (Å²) in [6.45, 7) is 0.488. The smallest absolute Gasteiger partial charge is 0.265 e. The number of hydrogen-bond donors (Lipinski definition) is 0. The summed E-state index contributed by atoms with van der Waals surface area (Å²) in [5.74, 6) is 0. The van der Waals surface area contributed by atoms with Gasteiger partial charge in [-0.2, -0.15) is 0 Å². The summed E-state index contributed by atoms with van der Waals surface area (Å²) in [5, 5.41) is 0.283. The van der Waals surface area contributed by atoms with Gasteiger partial charge in [-0.3, -0.25) is 4.31 Å². The highest BCUT2D eigenvalue weighted by molar-refractivity contribution is 7.92. The van der Waals surface area contributed by atoms with Crippen molar-refractivity contribution in [3.8, 4) is 0 Å². The molecule has 0 aliphatic carbocycles. The second kappa shape index (κ2) is 5.66. The number of anilines is 1. The molecule has 3 rings (SSSR count). The molecular weight excluding hydrogens is 308 g/mol. The largest absolute Gasteiger partial charge is 0.266 e. The Morgan fingerprint density at radius 2 is 1.90 bits per heavy atom. The van der Waals surface area contributed by atoms with Gasteiger partial charge >= 0.3 is 0 Å². The lowest BCUT2D eigenvalue weighted by Crippen LogP contribution is -2.31. The quantitative estimate of drug-likeness (QED) is 0.797. The molecule has 0 bridgehead atoms. The lowest BCUT2D eigenvalue weighted by Gasteiger charge is -2.24. The Kier molecular flexibility index (Phi) is 3.87. The van der Waals surface area contributed by atoms with E-state index >= 15 is 0 Å². The third-order valence-corrected chi connectivity index (χ3v) is 5.63. The minimum atomic E-state index is -3.60. The highest BCUT2D eigenvalue weighted by atomic mass is 35.5. The van der Waals surface area contributed by atoms with Crippen LogP contribution in [0.3, 0.4) is 0 Å². The standard InChI is InChI=1S/C15H15ClN2O2S/c16-15-9-8-13(11-17-15)21(19,20)18-10-4-3-6-12-5-1-2-7-14(12)18/h1-2,5,7-9,11H,3-4,6,10H2. The van der Waals surface area contributed by atoms with Gasteiger partial charge in [0.1, 0.15) is 10.0 Å². The second-order valence-corrected chi connectivity index (χ2v) is 7.23. The van der Waals surface area contributed by atoms with E-state index in [9.17, 15) is 8.42 Å². The Morgan fingerprint density at radius 1 is 1.10 bits per heavy atom. The van der Waals surface area contributed by atoms with Crippen molar-refractivity contribution in [1.82, 2.24) is 4.98 Å². The number of sulfonamides is 1. The summed E-state index contributed by atoms with van der Waals surface area (Å²) in [5.41, 5.74) is 1.84. The van der Waals surface area contributed by atoms with Crippen LogP contribution in [0.2, 0.25) is 5.15 Å². The average Bonchev–Trinajstić information content (AvgIpc) is 2.70. The highest BCUT2D eigenvalue weighted by Crippen LogP contribution is 2.31. The van der Waals surface area contributed by atoms with E-state index in [1.807, 2.05) is 24.3 Å². The van der Waals surface area contributed by atoms with Gasteiger partial charge in [-0.15, -0.1) is 0 Å². The van der Waals surface area contributed by atoms with E-state index in [0.29, 0.717) is 6.54 Å². The molecule has 0 radical (unpaired) electrons. The predicted molar refractivity (Wildman–Crippen MR) is 83.2 cm³/mol. The van der Waals surface area contributed by atoms with Crippen molar-refractivity contribution in [1.29, 1.82) is 0 Å². The zero-order valence-corrected chi connectivity index (χ0v) is 12.9. The Morgan fingerprint density at radius 3 is 2.67 bits per heavy atom. The molecule has 0 saturated carbocycles. The van der Waals surface area contributed by atoms with Gasteiger partial charge in [0.25, 0.3) is 10.0 Å². The first kappa shape index (κ1) is 14.4. The Bertz CT molecular complexity index is 745. The number of hydrogen-bond acceptors (Lipinski definition) is 3. The number of aryl methyl sites for hydroxylation is 1. The fourth-order valence-corrected chi connectivity index (χ4v) is 4.15. The van der Waals surface area contributed by atoms with Crippen LogP contribution < -0.4 is 4.31 Å². The second-order valence-electron chi connectivity index (χ2n) is 4.98. The number of para-hydroxylation sites is 1. The Labute approximate surface area is 129 Å². The Balaban J connectivity index is 2.08. The highest BCUT2D eigenvalue weighted by Gasteiger charge is 2.28. The molecule has 0 spiro atoms. The third-order valence-electron chi connectivity index (χ3n) is 3.61. The fraction of sp³-hybridized carbons (Fsp3) is 0.267. The summed E-state index contributed by atoms with van der Waals surface area (Å²) >= 11 is 5.74. The Hall–Kier alpha value is -1.59. The maximum Gasteiger partial charge on any atom is 0.265 e. The van der Waals surface area contributed by atoms with E-state index < -0.39 is 10.0 Å². The predicted octanol–water partition coefficient (Wildman–Crippen LogP) is 3.27. The van der Waals surface area contributed by atoms with E-state index in [0.717, 1.165) is 30.5 Å². The van der Waals surface area contributed by atoms with Crippen molar-refractivity contribution >= 4 is 27.3 Å². The third kappa shape index (κ3) is 2.76. The molecule has 1 aliphatic rings. The number of benzene rings is 1. The minimum absolute atomic E-state index is 0.170. The molecule has 2 heterocycles. The van der Waals surface area contributed by atoms with E-state index in [-0.39, 0.29) is 10.0 Å². The number of pyridine rings is 1. The van der Waals surface area contributed by atoms with E-state index in [4.69, 9.17) is 11.6 Å². The number of halogens is 1. The van der Waals surface area contributed by atoms with Crippen LogP contribution >= 0.6 is 11.6 Å². The van der Waals surface area contributed by atoms with Crippen LogP contribution in [-0.4, -0.2) is 19.9 Å². The lowest BCUT2D eigenvalue weighted by molar-refractivity contribution is 0.589. The van der Waals surface area contributed by atoms with E-state index in [2.05, 4.69) is 4.98 Å². The zero-order valence-electron chi connectivity index (χ0n) is 11.4. The van der Waals surface area contributed by atoms with Crippen LogP contribution in [0.4, 0.5) is 5.69 Å². The van der Waals surface area contributed by atoms with Crippen LogP contribution in [0, 0.1) is 0 Å². The van der Waals surface area contributed by atoms with Crippen LogP contribution in [0.15, 0.2) is 47.5 Å². The van der Waals surface area contributed by atoms with Gasteiger partial charge in [-0.05, 0) is 43.0 Å². The molecule has 0 N–H and O–H groups in total. The van der Waals surface area contributed by atoms with Crippen molar-refractivity contribution in [2.75, 3.05) is 10.8 Å². The number of aromatic nitrogens is 1. The van der Waals surface area contributed by atoms with Gasteiger partial charge in [-0.25, -0.2) is 13.4 Å². The van der Waals surface area contributed by atoms with E-state index in [1.165, 1.54) is 22.6 Å². The molecular formula is C15H15ClN2O2S. The SMILES string of the molecule is O=S(=O)(c1ccc(Cl)nc1)N1CCCCc2ccccc21. The molecule has 1 aromatic carbocycles. The van der Waals surface area contributed by atoms with Crippen molar-refractivity contribution in [2.45, 2.75) is 24.2 Å². The topological polar surface area (TPSA) is 50.3 Å². The molecule has 0 unspecified atom stereocenters. The molecule has 4 nitrogen and oxygen atoms in total. The van der Waals surface area contributed by atoms with Crippen LogP contribution in [0.5, 0.6) is 0 Å². The molecule has 0 fully saturated rings. The fourth-order valence-electron chi connectivity index (χ4n) is 2.55. The summed E-state index contributed by atoms with van der Waals surface area (Å²) in [6, 6.07) is 10.7. The van der Waals surface area contributed by atoms with E-state index in [1.54, 1.807) is 0 Å². The van der Waals surface area contributed by atoms with Gasteiger partial charge in [0.2, 0.25) is 0 Å². The van der Waals surface area contributed by atoms with Gasteiger partial charge in [0.15, 0.2) is 0 Å². The molecule has 6 heteroatoms. The van der Waals surface area contributed by atoms with Crippen LogP contribution in [0.25, 0.3) is 0 Å². The van der Waals surface area contributed by atoms with Gasteiger partial charge in [0.05, 0.1) is 5.69 Å². The first-order valence-electron chi connectivity index (χ1n) is 6.81. The van der Waals surface area contributed by atoms with Crippen LogP contribution in [-0.2, 0) is 16.4 Å². The van der Waals surface area contributed by atoms with Crippen molar-refractivity contribution in [3.05, 3.63) is 53.3 Å². The maximum atomic E-state index is 12.9. The number of rotatable bonds is 2. The summed E-state index contributed by atoms with van der Waals surface area (Å²) in [7, 11) is -3.60. The molecule has 0 amide bonds. The molecule has 2 aromatic rings. The summed E-state index contributed by atoms with van der Waals surface area (Å²) < 4.78 is 27.2. The van der Waals surface area contributed by atoms with Crippen LogP contribution in [0.1, 0.15) is 18.4 Å². The first-order valence-corrected chi connectivity index (χ1v) is 8.63. The molecule has 0 atom stereocenters. The number of fused-ring (bicyclic) bond motifs is 1. The molecule has 1 aromatic heterocycles. The van der Waals surface area contributed by atoms with Gasteiger partial charge in [0, 0.05) is 12.7 Å². The van der Waals surface area contributed by atoms with Gasteiger partial charge in [-0.1, -0.05) is 29.8 Å². The summed E-state index contributed by atoms with van der Waals surface area (Å²) in [6.07, 6.45) is 4.04. The molecule has 110 valence electrons.